The minimum absolute atomic E-state index is 0.0643. The first-order chi connectivity index (χ1) is 10.5. The average molecular weight is 324 g/mol. The molecule has 0 atom stereocenters. The van der Waals surface area contributed by atoms with Gasteiger partial charge in [0.05, 0.1) is 17.1 Å². The van der Waals surface area contributed by atoms with Crippen LogP contribution in [0.3, 0.4) is 0 Å². The van der Waals surface area contributed by atoms with Crippen molar-refractivity contribution in [2.75, 3.05) is 18.8 Å². The maximum absolute atomic E-state index is 12.7. The van der Waals surface area contributed by atoms with Gasteiger partial charge in [0, 0.05) is 13.1 Å². The second kappa shape index (κ2) is 5.84. The third-order valence-electron chi connectivity index (χ3n) is 5.48. The molecule has 0 N–H and O–H groups in total. The van der Waals surface area contributed by atoms with Gasteiger partial charge in [0.1, 0.15) is 5.41 Å². The summed E-state index contributed by atoms with van der Waals surface area (Å²) in [7, 11) is -3.06. The Labute approximate surface area is 132 Å². The largest absolute Gasteiger partial charge is 0.341 e. The first kappa shape index (κ1) is 15.8. The molecule has 1 heterocycles. The number of likely N-dealkylation sites (tertiary alicyclic amines) is 1. The highest BCUT2D eigenvalue weighted by molar-refractivity contribution is 7.92. The number of carbonyl (C=O) groups is 1. The van der Waals surface area contributed by atoms with E-state index in [-0.39, 0.29) is 11.2 Å². The minimum Gasteiger partial charge on any atom is -0.341 e. The van der Waals surface area contributed by atoms with Crippen LogP contribution in [0.2, 0.25) is 0 Å². The molecule has 3 rings (SSSR count). The lowest BCUT2D eigenvalue weighted by atomic mass is 9.74. The Morgan fingerprint density at radius 1 is 1.14 bits per heavy atom. The van der Waals surface area contributed by atoms with Crippen LogP contribution in [0.5, 0.6) is 0 Å². The van der Waals surface area contributed by atoms with Crippen molar-refractivity contribution in [3.8, 4) is 6.07 Å². The van der Waals surface area contributed by atoms with Gasteiger partial charge < -0.3 is 4.90 Å². The third-order valence-corrected chi connectivity index (χ3v) is 7.90. The number of nitrogens with zero attached hydrogens (tertiary/aromatic N) is 2. The zero-order chi connectivity index (χ0) is 15.8. The molecule has 0 aromatic heterocycles. The third kappa shape index (κ3) is 3.01. The standard InChI is InChI=1S/C16H24N2O3S/c17-12-16(15(19)18-9-1-2-10-18)7-5-14(6-8-16)22(20,21)11-13-3-4-13/h13-14H,1-11H2. The Balaban J connectivity index is 1.65. The van der Waals surface area contributed by atoms with Crippen LogP contribution in [0, 0.1) is 22.7 Å². The van der Waals surface area contributed by atoms with Crippen LogP contribution in [-0.2, 0) is 14.6 Å². The molecule has 0 aromatic rings. The molecule has 0 unspecified atom stereocenters. The van der Waals surface area contributed by atoms with Crippen LogP contribution < -0.4 is 0 Å². The second-order valence-corrected chi connectivity index (χ2v) is 9.49. The summed E-state index contributed by atoms with van der Waals surface area (Å²) in [6.45, 7) is 1.48. The van der Waals surface area contributed by atoms with Gasteiger partial charge in [0.25, 0.3) is 0 Å². The van der Waals surface area contributed by atoms with E-state index in [4.69, 9.17) is 0 Å². The van der Waals surface area contributed by atoms with Crippen LogP contribution in [0.25, 0.3) is 0 Å². The lowest BCUT2D eigenvalue weighted by molar-refractivity contribution is -0.139. The molecule has 1 aliphatic heterocycles. The molecule has 6 heteroatoms. The molecule has 0 radical (unpaired) electrons. The fraction of sp³-hybridized carbons (Fsp3) is 0.875. The molecule has 0 bridgehead atoms. The van der Waals surface area contributed by atoms with Gasteiger partial charge >= 0.3 is 0 Å². The van der Waals surface area contributed by atoms with Crippen molar-refractivity contribution >= 4 is 15.7 Å². The van der Waals surface area contributed by atoms with Gasteiger partial charge in [0.2, 0.25) is 5.91 Å². The second-order valence-electron chi connectivity index (χ2n) is 7.17. The molecular formula is C16H24N2O3S. The van der Waals surface area contributed by atoms with Crippen molar-refractivity contribution in [2.45, 2.75) is 56.6 Å². The van der Waals surface area contributed by atoms with E-state index in [0.29, 0.717) is 37.4 Å². The van der Waals surface area contributed by atoms with Crippen LogP contribution in [0.15, 0.2) is 0 Å². The summed E-state index contributed by atoms with van der Waals surface area (Å²) in [5.74, 6) is 0.599. The number of rotatable bonds is 4. The van der Waals surface area contributed by atoms with Crippen molar-refractivity contribution in [1.29, 1.82) is 5.26 Å². The summed E-state index contributed by atoms with van der Waals surface area (Å²) in [4.78, 5) is 14.4. The molecule has 22 heavy (non-hydrogen) atoms. The lowest BCUT2D eigenvalue weighted by Crippen LogP contribution is -2.45. The molecular weight excluding hydrogens is 300 g/mol. The van der Waals surface area contributed by atoms with E-state index in [1.54, 1.807) is 4.90 Å². The molecule has 1 saturated heterocycles. The fourth-order valence-corrected chi connectivity index (χ4v) is 6.01. The Morgan fingerprint density at radius 2 is 1.73 bits per heavy atom. The smallest absolute Gasteiger partial charge is 0.243 e. The number of hydrogen-bond donors (Lipinski definition) is 0. The van der Waals surface area contributed by atoms with Gasteiger partial charge in [-0.05, 0) is 57.3 Å². The van der Waals surface area contributed by atoms with E-state index in [1.807, 2.05) is 0 Å². The minimum atomic E-state index is -3.06. The normalized spacial score (nSPS) is 32.7. The van der Waals surface area contributed by atoms with Crippen LogP contribution in [0.1, 0.15) is 51.4 Å². The molecule has 5 nitrogen and oxygen atoms in total. The summed E-state index contributed by atoms with van der Waals surface area (Å²) < 4.78 is 24.8. The van der Waals surface area contributed by atoms with E-state index in [1.165, 1.54) is 0 Å². The van der Waals surface area contributed by atoms with Crippen LogP contribution >= 0.6 is 0 Å². The lowest BCUT2D eigenvalue weighted by Gasteiger charge is -2.36. The number of nitriles is 1. The first-order valence-electron chi connectivity index (χ1n) is 8.39. The van der Waals surface area contributed by atoms with E-state index >= 15 is 0 Å². The summed E-state index contributed by atoms with van der Waals surface area (Å²) in [6.07, 6.45) is 5.78. The van der Waals surface area contributed by atoms with Gasteiger partial charge in [-0.25, -0.2) is 8.42 Å². The number of carbonyl (C=O) groups excluding carboxylic acids is 1. The van der Waals surface area contributed by atoms with Gasteiger partial charge in [-0.15, -0.1) is 0 Å². The average Bonchev–Trinajstić information content (AvgIpc) is 3.15. The number of sulfone groups is 1. The van der Waals surface area contributed by atoms with Gasteiger partial charge in [-0.2, -0.15) is 5.26 Å². The van der Waals surface area contributed by atoms with Gasteiger partial charge in [-0.3, -0.25) is 4.79 Å². The van der Waals surface area contributed by atoms with Crippen molar-refractivity contribution in [3.63, 3.8) is 0 Å². The Morgan fingerprint density at radius 3 is 2.23 bits per heavy atom. The van der Waals surface area contributed by atoms with Gasteiger partial charge in [-0.1, -0.05) is 0 Å². The predicted octanol–water partition coefficient (Wildman–Crippen LogP) is 1.89. The Bertz CT molecular complexity index is 575. The topological polar surface area (TPSA) is 78.2 Å². The first-order valence-corrected chi connectivity index (χ1v) is 10.1. The highest BCUT2D eigenvalue weighted by Gasteiger charge is 2.47. The SMILES string of the molecule is N#CC1(C(=O)N2CCCC2)CCC(S(=O)(=O)CC2CC2)CC1. The molecule has 0 aromatic carbocycles. The highest BCUT2D eigenvalue weighted by Crippen LogP contribution is 2.41. The summed E-state index contributed by atoms with van der Waals surface area (Å²) in [5.41, 5.74) is -0.976. The highest BCUT2D eigenvalue weighted by atomic mass is 32.2. The molecule has 2 aliphatic carbocycles. The maximum Gasteiger partial charge on any atom is 0.243 e. The van der Waals surface area contributed by atoms with Crippen LogP contribution in [0.4, 0.5) is 0 Å². The molecule has 1 amide bonds. The Kier molecular flexibility index (Phi) is 4.19. The Hall–Kier alpha value is -1.09. The zero-order valence-corrected chi connectivity index (χ0v) is 13.8. The monoisotopic (exact) mass is 324 g/mol. The maximum atomic E-state index is 12.7. The molecule has 3 fully saturated rings. The van der Waals surface area contributed by atoms with Crippen molar-refractivity contribution in [1.82, 2.24) is 4.90 Å². The molecule has 0 spiro atoms. The fourth-order valence-electron chi connectivity index (χ4n) is 3.79. The van der Waals surface area contributed by atoms with Crippen molar-refractivity contribution < 1.29 is 13.2 Å². The number of amides is 1. The summed E-state index contributed by atoms with van der Waals surface area (Å²) in [6, 6.07) is 2.23. The van der Waals surface area contributed by atoms with Gasteiger partial charge in [0.15, 0.2) is 9.84 Å². The zero-order valence-electron chi connectivity index (χ0n) is 13.0. The van der Waals surface area contributed by atoms with Crippen LogP contribution in [-0.4, -0.2) is 43.3 Å². The van der Waals surface area contributed by atoms with E-state index in [9.17, 15) is 18.5 Å². The summed E-state index contributed by atoms with van der Waals surface area (Å²) in [5, 5.41) is 9.22. The quantitative estimate of drug-likeness (QED) is 0.791. The van der Waals surface area contributed by atoms with E-state index in [2.05, 4.69) is 6.07 Å². The number of hydrogen-bond acceptors (Lipinski definition) is 4. The van der Waals surface area contributed by atoms with E-state index < -0.39 is 15.3 Å². The van der Waals surface area contributed by atoms with Crippen molar-refractivity contribution in [3.05, 3.63) is 0 Å². The van der Waals surface area contributed by atoms with E-state index in [0.717, 1.165) is 38.8 Å². The molecule has 2 saturated carbocycles. The molecule has 122 valence electrons. The molecule has 3 aliphatic rings. The van der Waals surface area contributed by atoms with Crippen molar-refractivity contribution in [2.24, 2.45) is 11.3 Å². The summed E-state index contributed by atoms with van der Waals surface area (Å²) >= 11 is 0. The predicted molar refractivity (Wildman–Crippen MR) is 82.6 cm³/mol.